The van der Waals surface area contributed by atoms with Gasteiger partial charge in [0.05, 0.1) is 0 Å². The maximum absolute atomic E-state index is 3.79. The molecule has 0 heterocycles. The third kappa shape index (κ3) is 2.10. The molecule has 1 aliphatic carbocycles. The lowest BCUT2D eigenvalue weighted by molar-refractivity contribution is 0.677. The van der Waals surface area contributed by atoms with Crippen molar-refractivity contribution in [2.75, 3.05) is 6.54 Å². The molecule has 1 fully saturated rings. The average Bonchev–Trinajstić information content (AvgIpc) is 2.51. The Labute approximate surface area is 50.8 Å². The predicted molar refractivity (Wildman–Crippen MR) is 36.4 cm³/mol. The molecular weight excluding hydrogens is 98.1 g/mol. The molecule has 0 saturated heterocycles. The Morgan fingerprint density at radius 1 is 1.50 bits per heavy atom. The molecule has 0 amide bonds. The van der Waals surface area contributed by atoms with Crippen molar-refractivity contribution in [3.63, 3.8) is 0 Å². The second-order valence-corrected chi connectivity index (χ2v) is 2.53. The van der Waals surface area contributed by atoms with E-state index in [1.807, 2.05) is 0 Å². The second kappa shape index (κ2) is 2.85. The highest BCUT2D eigenvalue weighted by atomic mass is 14.7. The lowest BCUT2D eigenvalue weighted by Gasteiger charge is -1.90. The van der Waals surface area contributed by atoms with Gasteiger partial charge in [0.2, 0.25) is 0 Å². The molecule has 46 valence electrons. The van der Waals surface area contributed by atoms with Crippen molar-refractivity contribution in [1.29, 1.82) is 0 Å². The van der Waals surface area contributed by atoms with E-state index < -0.39 is 0 Å². The van der Waals surface area contributed by atoms with Crippen LogP contribution >= 0.6 is 0 Å². The van der Waals surface area contributed by atoms with Crippen LogP contribution in [-0.2, 0) is 0 Å². The van der Waals surface area contributed by atoms with Crippen molar-refractivity contribution in [3.8, 4) is 0 Å². The molecule has 0 N–H and O–H groups in total. The van der Waals surface area contributed by atoms with Crippen molar-refractivity contribution in [3.05, 3.63) is 0 Å². The standard InChI is InChI=1S/C7H13N/c1-8-6-2-3-7-4-5-7/h7H,1-6H2. The van der Waals surface area contributed by atoms with Crippen LogP contribution in [0.5, 0.6) is 0 Å². The zero-order chi connectivity index (χ0) is 5.82. The van der Waals surface area contributed by atoms with Crippen LogP contribution in [0.25, 0.3) is 0 Å². The van der Waals surface area contributed by atoms with Gasteiger partial charge in [-0.05, 0) is 25.5 Å². The van der Waals surface area contributed by atoms with Crippen LogP contribution in [0.2, 0.25) is 0 Å². The molecule has 8 heavy (non-hydrogen) atoms. The van der Waals surface area contributed by atoms with Crippen molar-refractivity contribution < 1.29 is 0 Å². The highest BCUT2D eigenvalue weighted by Gasteiger charge is 2.19. The van der Waals surface area contributed by atoms with Gasteiger partial charge in [0, 0.05) is 6.54 Å². The Morgan fingerprint density at radius 2 is 2.25 bits per heavy atom. The first-order valence-corrected chi connectivity index (χ1v) is 3.36. The van der Waals surface area contributed by atoms with Crippen LogP contribution in [0.15, 0.2) is 4.99 Å². The maximum atomic E-state index is 3.79. The topological polar surface area (TPSA) is 12.4 Å². The molecule has 0 atom stereocenters. The van der Waals surface area contributed by atoms with Gasteiger partial charge < -0.3 is 4.99 Å². The molecule has 1 nitrogen and oxygen atoms in total. The summed E-state index contributed by atoms with van der Waals surface area (Å²) in [7, 11) is 0. The number of rotatable bonds is 4. The van der Waals surface area contributed by atoms with Crippen LogP contribution in [0, 0.1) is 5.92 Å². The SMILES string of the molecule is C=NCCCC1CC1. The quantitative estimate of drug-likeness (QED) is 0.388. The first-order chi connectivity index (χ1) is 3.93. The molecule has 0 bridgehead atoms. The molecule has 0 aromatic carbocycles. The third-order valence-electron chi connectivity index (χ3n) is 1.63. The number of hydrogen-bond donors (Lipinski definition) is 0. The minimum Gasteiger partial charge on any atom is -0.301 e. The summed E-state index contributed by atoms with van der Waals surface area (Å²) in [5, 5.41) is 0. The Balaban J connectivity index is 1.80. The molecule has 0 unspecified atom stereocenters. The summed E-state index contributed by atoms with van der Waals surface area (Å²) >= 11 is 0. The molecule has 1 saturated carbocycles. The molecule has 0 aliphatic heterocycles. The van der Waals surface area contributed by atoms with E-state index in [1.165, 1.54) is 25.7 Å². The van der Waals surface area contributed by atoms with Crippen molar-refractivity contribution in [2.45, 2.75) is 25.7 Å². The average molecular weight is 111 g/mol. The van der Waals surface area contributed by atoms with Gasteiger partial charge in [-0.1, -0.05) is 12.8 Å². The minimum absolute atomic E-state index is 0.969. The van der Waals surface area contributed by atoms with Gasteiger partial charge in [-0.25, -0.2) is 0 Å². The van der Waals surface area contributed by atoms with Gasteiger partial charge in [0.25, 0.3) is 0 Å². The van der Waals surface area contributed by atoms with E-state index >= 15 is 0 Å². The van der Waals surface area contributed by atoms with E-state index in [0.29, 0.717) is 0 Å². The normalized spacial score (nSPS) is 18.5. The molecule has 1 rings (SSSR count). The summed E-state index contributed by atoms with van der Waals surface area (Å²) in [6.07, 6.45) is 5.58. The van der Waals surface area contributed by atoms with E-state index in [0.717, 1.165) is 12.5 Å². The summed E-state index contributed by atoms with van der Waals surface area (Å²) in [5.74, 6) is 1.07. The molecule has 0 aromatic heterocycles. The van der Waals surface area contributed by atoms with Crippen LogP contribution in [0.3, 0.4) is 0 Å². The van der Waals surface area contributed by atoms with E-state index in [4.69, 9.17) is 0 Å². The smallest absolute Gasteiger partial charge is 0.0382 e. The van der Waals surface area contributed by atoms with Gasteiger partial charge in [-0.3, -0.25) is 0 Å². The molecule has 0 aromatic rings. The van der Waals surface area contributed by atoms with Gasteiger partial charge in [-0.15, -0.1) is 0 Å². The maximum Gasteiger partial charge on any atom is 0.0382 e. The van der Waals surface area contributed by atoms with E-state index in [2.05, 4.69) is 11.7 Å². The van der Waals surface area contributed by atoms with E-state index in [1.54, 1.807) is 0 Å². The van der Waals surface area contributed by atoms with Crippen molar-refractivity contribution in [2.24, 2.45) is 10.9 Å². The van der Waals surface area contributed by atoms with Crippen molar-refractivity contribution in [1.82, 2.24) is 0 Å². The highest BCUT2D eigenvalue weighted by Crippen LogP contribution is 2.33. The predicted octanol–water partition coefficient (Wildman–Crippen LogP) is 1.88. The Morgan fingerprint density at radius 3 is 2.75 bits per heavy atom. The minimum atomic E-state index is 0.969. The zero-order valence-corrected chi connectivity index (χ0v) is 5.27. The summed E-state index contributed by atoms with van der Waals surface area (Å²) in [6, 6.07) is 0. The number of hydrogen-bond acceptors (Lipinski definition) is 1. The van der Waals surface area contributed by atoms with Crippen LogP contribution < -0.4 is 0 Å². The van der Waals surface area contributed by atoms with E-state index in [-0.39, 0.29) is 0 Å². The van der Waals surface area contributed by atoms with Crippen LogP contribution in [0.1, 0.15) is 25.7 Å². The Bertz CT molecular complexity index is 74.5. The zero-order valence-electron chi connectivity index (χ0n) is 5.27. The fraction of sp³-hybridized carbons (Fsp3) is 0.857. The Kier molecular flexibility index (Phi) is 2.07. The van der Waals surface area contributed by atoms with Crippen LogP contribution in [-0.4, -0.2) is 13.3 Å². The molecular formula is C7H13N. The first kappa shape index (κ1) is 5.80. The number of nitrogens with zero attached hydrogens (tertiary/aromatic N) is 1. The fourth-order valence-electron chi connectivity index (χ4n) is 0.898. The van der Waals surface area contributed by atoms with E-state index in [9.17, 15) is 0 Å². The van der Waals surface area contributed by atoms with Crippen LogP contribution in [0.4, 0.5) is 0 Å². The summed E-state index contributed by atoms with van der Waals surface area (Å²) in [6.45, 7) is 4.40. The Hall–Kier alpha value is -0.330. The van der Waals surface area contributed by atoms with Gasteiger partial charge >= 0.3 is 0 Å². The molecule has 0 radical (unpaired) electrons. The summed E-state index contributed by atoms with van der Waals surface area (Å²) in [4.78, 5) is 3.79. The summed E-state index contributed by atoms with van der Waals surface area (Å²) < 4.78 is 0. The second-order valence-electron chi connectivity index (χ2n) is 2.53. The molecule has 1 aliphatic rings. The number of aliphatic imine (C=N–C) groups is 1. The molecule has 0 spiro atoms. The highest BCUT2D eigenvalue weighted by molar-refractivity contribution is 5.22. The van der Waals surface area contributed by atoms with Crippen molar-refractivity contribution >= 4 is 6.72 Å². The lowest BCUT2D eigenvalue weighted by atomic mass is 10.2. The largest absolute Gasteiger partial charge is 0.301 e. The van der Waals surface area contributed by atoms with Gasteiger partial charge in [-0.2, -0.15) is 0 Å². The lowest BCUT2D eigenvalue weighted by Crippen LogP contribution is -1.80. The fourth-order valence-corrected chi connectivity index (χ4v) is 0.898. The van der Waals surface area contributed by atoms with Gasteiger partial charge in [0.1, 0.15) is 0 Å². The third-order valence-corrected chi connectivity index (χ3v) is 1.63. The monoisotopic (exact) mass is 111 g/mol. The van der Waals surface area contributed by atoms with Gasteiger partial charge in [0.15, 0.2) is 0 Å². The summed E-state index contributed by atoms with van der Waals surface area (Å²) in [5.41, 5.74) is 0. The molecule has 1 heteroatoms. The first-order valence-electron chi connectivity index (χ1n) is 3.36.